The normalized spacial score (nSPS) is 11.1. The summed E-state index contributed by atoms with van der Waals surface area (Å²) in [5, 5.41) is 11.5. The minimum absolute atomic E-state index is 0.0280. The minimum atomic E-state index is -1.00. The topological polar surface area (TPSA) is 66.4 Å². The number of rotatable bonds is 4. The number of carboxylic acid groups (broad SMARTS) is 1. The van der Waals surface area contributed by atoms with Gasteiger partial charge >= 0.3 is 5.97 Å². The fourth-order valence-corrected chi connectivity index (χ4v) is 1.85. The van der Waals surface area contributed by atoms with E-state index in [-0.39, 0.29) is 16.2 Å². The first-order chi connectivity index (χ1) is 8.28. The summed E-state index contributed by atoms with van der Waals surface area (Å²) >= 11 is 1.54. The van der Waals surface area contributed by atoms with Crippen LogP contribution in [-0.4, -0.2) is 27.5 Å². The number of thioether (sulfide) groups is 1. The Labute approximate surface area is 111 Å². The fourth-order valence-electron chi connectivity index (χ4n) is 1.21. The van der Waals surface area contributed by atoms with Crippen LogP contribution in [0.4, 0.5) is 5.69 Å². The van der Waals surface area contributed by atoms with Crippen molar-refractivity contribution >= 4 is 29.3 Å². The van der Waals surface area contributed by atoms with E-state index in [1.54, 1.807) is 23.9 Å². The van der Waals surface area contributed by atoms with Crippen LogP contribution in [0.25, 0.3) is 0 Å². The lowest BCUT2D eigenvalue weighted by Crippen LogP contribution is -2.19. The van der Waals surface area contributed by atoms with E-state index in [0.717, 1.165) is 0 Å². The van der Waals surface area contributed by atoms with Crippen LogP contribution in [0, 0.1) is 0 Å². The second kappa shape index (κ2) is 5.91. The molecule has 1 aromatic carbocycles. The predicted molar refractivity (Wildman–Crippen MR) is 74.2 cm³/mol. The number of hydrogen-bond donors (Lipinski definition) is 2. The summed E-state index contributed by atoms with van der Waals surface area (Å²) in [6.45, 7) is 6.11. The molecule has 0 aliphatic heterocycles. The summed E-state index contributed by atoms with van der Waals surface area (Å²) in [4.78, 5) is 22.4. The second-order valence-corrected chi connectivity index (χ2v) is 6.64. The zero-order valence-corrected chi connectivity index (χ0v) is 11.5. The number of anilines is 1. The Morgan fingerprint density at radius 1 is 1.33 bits per heavy atom. The molecule has 0 atom stereocenters. The molecular weight excluding hydrogens is 250 g/mol. The summed E-state index contributed by atoms with van der Waals surface area (Å²) in [6, 6.07) is 6.21. The van der Waals surface area contributed by atoms with E-state index in [9.17, 15) is 9.59 Å². The Bertz CT molecular complexity index is 452. The average Bonchev–Trinajstić information content (AvgIpc) is 2.26. The van der Waals surface area contributed by atoms with Gasteiger partial charge in [0.2, 0.25) is 5.91 Å². The lowest BCUT2D eigenvalue weighted by atomic mass is 10.2. The number of carbonyl (C=O) groups is 2. The molecule has 0 heterocycles. The molecule has 0 unspecified atom stereocenters. The van der Waals surface area contributed by atoms with Gasteiger partial charge in [0.1, 0.15) is 0 Å². The number of nitrogens with one attached hydrogen (secondary N) is 1. The molecule has 1 aromatic rings. The van der Waals surface area contributed by atoms with Gasteiger partial charge in [-0.25, -0.2) is 4.79 Å². The Balaban J connectivity index is 2.59. The number of hydrogen-bond acceptors (Lipinski definition) is 3. The number of carbonyl (C=O) groups excluding carboxylic acids is 1. The highest BCUT2D eigenvalue weighted by molar-refractivity contribution is 8.01. The Kier molecular flexibility index (Phi) is 4.78. The third-order valence-corrected chi connectivity index (χ3v) is 3.30. The summed E-state index contributed by atoms with van der Waals surface area (Å²) < 4.78 is 0.0280. The van der Waals surface area contributed by atoms with Crippen LogP contribution in [0.1, 0.15) is 31.1 Å². The third-order valence-electron chi connectivity index (χ3n) is 2.03. The fraction of sp³-hybridized carbons (Fsp3) is 0.385. The summed E-state index contributed by atoms with van der Waals surface area (Å²) in [7, 11) is 0. The molecular formula is C13H17NO3S. The van der Waals surface area contributed by atoms with Crippen LogP contribution in [0.2, 0.25) is 0 Å². The van der Waals surface area contributed by atoms with Gasteiger partial charge in [0.15, 0.2) is 0 Å². The summed E-state index contributed by atoms with van der Waals surface area (Å²) in [5.41, 5.74) is 0.672. The molecule has 1 amide bonds. The quantitative estimate of drug-likeness (QED) is 0.880. The maximum Gasteiger partial charge on any atom is 0.335 e. The Morgan fingerprint density at radius 3 is 2.56 bits per heavy atom. The van der Waals surface area contributed by atoms with E-state index in [4.69, 9.17) is 5.11 Å². The maximum atomic E-state index is 11.7. The van der Waals surface area contributed by atoms with Crippen LogP contribution in [0.15, 0.2) is 24.3 Å². The van der Waals surface area contributed by atoms with Crippen LogP contribution < -0.4 is 5.32 Å². The van der Waals surface area contributed by atoms with E-state index in [0.29, 0.717) is 11.4 Å². The third kappa shape index (κ3) is 5.23. The van der Waals surface area contributed by atoms with Crippen molar-refractivity contribution in [3.05, 3.63) is 29.8 Å². The molecule has 0 aliphatic carbocycles. The molecule has 5 heteroatoms. The van der Waals surface area contributed by atoms with Gasteiger partial charge in [-0.15, -0.1) is 11.8 Å². The zero-order valence-electron chi connectivity index (χ0n) is 10.7. The van der Waals surface area contributed by atoms with Gasteiger partial charge in [-0.2, -0.15) is 0 Å². The van der Waals surface area contributed by atoms with Crippen molar-refractivity contribution in [2.45, 2.75) is 25.5 Å². The van der Waals surface area contributed by atoms with E-state index in [1.807, 2.05) is 20.8 Å². The number of benzene rings is 1. The standard InChI is InChI=1S/C13H17NO3S/c1-13(2,3)18-8-11(15)14-10-6-4-5-9(7-10)12(16)17/h4-7H,8H2,1-3H3,(H,14,15)(H,16,17). The number of carboxylic acids is 1. The van der Waals surface area contributed by atoms with Gasteiger partial charge in [0.25, 0.3) is 0 Å². The van der Waals surface area contributed by atoms with Gasteiger partial charge in [-0.3, -0.25) is 4.79 Å². The molecule has 0 saturated heterocycles. The lowest BCUT2D eigenvalue weighted by Gasteiger charge is -2.17. The first kappa shape index (κ1) is 14.6. The highest BCUT2D eigenvalue weighted by Crippen LogP contribution is 2.23. The van der Waals surface area contributed by atoms with Crippen molar-refractivity contribution in [2.75, 3.05) is 11.1 Å². The predicted octanol–water partition coefficient (Wildman–Crippen LogP) is 2.86. The van der Waals surface area contributed by atoms with E-state index < -0.39 is 5.97 Å². The van der Waals surface area contributed by atoms with Crippen LogP contribution in [0.5, 0.6) is 0 Å². The van der Waals surface area contributed by atoms with Crippen molar-refractivity contribution in [3.8, 4) is 0 Å². The second-order valence-electron chi connectivity index (χ2n) is 4.84. The van der Waals surface area contributed by atoms with Crippen LogP contribution in [-0.2, 0) is 4.79 Å². The van der Waals surface area contributed by atoms with Crippen molar-refractivity contribution < 1.29 is 14.7 Å². The number of amides is 1. The highest BCUT2D eigenvalue weighted by Gasteiger charge is 2.13. The lowest BCUT2D eigenvalue weighted by molar-refractivity contribution is -0.113. The van der Waals surface area contributed by atoms with Gasteiger partial charge < -0.3 is 10.4 Å². The molecule has 98 valence electrons. The molecule has 0 bridgehead atoms. The highest BCUT2D eigenvalue weighted by atomic mass is 32.2. The zero-order chi connectivity index (χ0) is 13.8. The Hall–Kier alpha value is -1.49. The van der Waals surface area contributed by atoms with E-state index in [2.05, 4.69) is 5.32 Å². The van der Waals surface area contributed by atoms with Gasteiger partial charge in [-0.1, -0.05) is 26.8 Å². The molecule has 0 aliphatic rings. The molecule has 0 fully saturated rings. The summed E-state index contributed by atoms with van der Waals surface area (Å²) in [5.74, 6) is -0.784. The molecule has 4 nitrogen and oxygen atoms in total. The average molecular weight is 267 g/mol. The van der Waals surface area contributed by atoms with Crippen LogP contribution >= 0.6 is 11.8 Å². The first-order valence-electron chi connectivity index (χ1n) is 5.55. The van der Waals surface area contributed by atoms with Crippen molar-refractivity contribution in [3.63, 3.8) is 0 Å². The maximum absolute atomic E-state index is 11.7. The SMILES string of the molecule is CC(C)(C)SCC(=O)Nc1cccc(C(=O)O)c1. The van der Waals surface area contributed by atoms with E-state index in [1.165, 1.54) is 12.1 Å². The van der Waals surface area contributed by atoms with Gasteiger partial charge in [-0.05, 0) is 18.2 Å². The monoisotopic (exact) mass is 267 g/mol. The molecule has 0 aromatic heterocycles. The molecule has 1 rings (SSSR count). The Morgan fingerprint density at radius 2 is 2.00 bits per heavy atom. The van der Waals surface area contributed by atoms with Crippen LogP contribution in [0.3, 0.4) is 0 Å². The molecule has 0 spiro atoms. The molecule has 0 radical (unpaired) electrons. The molecule has 2 N–H and O–H groups in total. The molecule has 18 heavy (non-hydrogen) atoms. The summed E-state index contributed by atoms with van der Waals surface area (Å²) in [6.07, 6.45) is 0. The van der Waals surface area contributed by atoms with E-state index >= 15 is 0 Å². The number of aromatic carboxylic acids is 1. The molecule has 0 saturated carbocycles. The van der Waals surface area contributed by atoms with Gasteiger partial charge in [0.05, 0.1) is 11.3 Å². The van der Waals surface area contributed by atoms with Crippen molar-refractivity contribution in [1.82, 2.24) is 0 Å². The van der Waals surface area contributed by atoms with Gasteiger partial charge in [0, 0.05) is 10.4 Å². The largest absolute Gasteiger partial charge is 0.478 e. The van der Waals surface area contributed by atoms with Crippen molar-refractivity contribution in [2.24, 2.45) is 0 Å². The minimum Gasteiger partial charge on any atom is -0.478 e. The van der Waals surface area contributed by atoms with Crippen molar-refractivity contribution in [1.29, 1.82) is 0 Å². The first-order valence-corrected chi connectivity index (χ1v) is 6.54. The smallest absolute Gasteiger partial charge is 0.335 e.